The summed E-state index contributed by atoms with van der Waals surface area (Å²) in [5.74, 6) is -0.189. The fourth-order valence-electron chi connectivity index (χ4n) is 2.26. The van der Waals surface area contributed by atoms with Gasteiger partial charge in [-0.3, -0.25) is 9.59 Å². The van der Waals surface area contributed by atoms with E-state index < -0.39 is 6.04 Å². The van der Waals surface area contributed by atoms with Crippen LogP contribution in [-0.4, -0.2) is 22.8 Å². The van der Waals surface area contributed by atoms with Crippen molar-refractivity contribution in [2.45, 2.75) is 26.8 Å². The molecular weight excluding hydrogens is 240 g/mol. The Bertz CT molecular complexity index is 520. The van der Waals surface area contributed by atoms with E-state index in [1.165, 1.54) is 11.8 Å². The molecule has 0 aliphatic carbocycles. The van der Waals surface area contributed by atoms with Crippen LogP contribution in [0.3, 0.4) is 0 Å². The van der Waals surface area contributed by atoms with Crippen LogP contribution in [-0.2, 0) is 9.59 Å². The highest BCUT2D eigenvalue weighted by Crippen LogP contribution is 2.22. The maximum atomic E-state index is 12.2. The average Bonchev–Trinajstić information content (AvgIpc) is 2.38. The number of hydrogen-bond acceptors (Lipinski definition) is 2. The SMILES string of the molecule is CC(=O)N1C=C(c2ccccc2)NC(=O)[C@H]1C(C)C. The van der Waals surface area contributed by atoms with Crippen molar-refractivity contribution in [1.29, 1.82) is 0 Å². The lowest BCUT2D eigenvalue weighted by Gasteiger charge is -2.34. The van der Waals surface area contributed by atoms with Crippen molar-refractivity contribution < 1.29 is 9.59 Å². The van der Waals surface area contributed by atoms with Crippen LogP contribution >= 0.6 is 0 Å². The second kappa shape index (κ2) is 5.26. The highest BCUT2D eigenvalue weighted by molar-refractivity contribution is 5.96. The minimum absolute atomic E-state index is 0.0671. The van der Waals surface area contributed by atoms with Crippen LogP contribution in [0.25, 0.3) is 5.70 Å². The largest absolute Gasteiger partial charge is 0.322 e. The molecule has 2 rings (SSSR count). The molecule has 0 spiro atoms. The Hall–Kier alpha value is -2.10. The molecule has 0 radical (unpaired) electrons. The monoisotopic (exact) mass is 258 g/mol. The molecule has 2 amide bonds. The molecule has 19 heavy (non-hydrogen) atoms. The maximum absolute atomic E-state index is 12.2. The molecule has 1 aliphatic rings. The lowest BCUT2D eigenvalue weighted by Crippen LogP contribution is -2.52. The van der Waals surface area contributed by atoms with Crippen LogP contribution in [0.1, 0.15) is 26.3 Å². The normalized spacial score (nSPS) is 19.2. The summed E-state index contributed by atoms with van der Waals surface area (Å²) in [5.41, 5.74) is 1.56. The van der Waals surface area contributed by atoms with Crippen LogP contribution in [0.4, 0.5) is 0 Å². The molecule has 0 saturated carbocycles. The summed E-state index contributed by atoms with van der Waals surface area (Å²) in [5, 5.41) is 2.88. The van der Waals surface area contributed by atoms with Crippen molar-refractivity contribution in [1.82, 2.24) is 10.2 Å². The van der Waals surface area contributed by atoms with Gasteiger partial charge in [0.15, 0.2) is 0 Å². The predicted molar refractivity (Wildman–Crippen MR) is 73.7 cm³/mol. The smallest absolute Gasteiger partial charge is 0.247 e. The molecule has 1 N–H and O–H groups in total. The van der Waals surface area contributed by atoms with E-state index in [0.717, 1.165) is 5.56 Å². The fraction of sp³-hybridized carbons (Fsp3) is 0.333. The van der Waals surface area contributed by atoms with Crippen LogP contribution in [0.2, 0.25) is 0 Å². The third-order valence-electron chi connectivity index (χ3n) is 3.17. The molecule has 4 nitrogen and oxygen atoms in total. The lowest BCUT2D eigenvalue weighted by atomic mass is 9.99. The van der Waals surface area contributed by atoms with Crippen molar-refractivity contribution >= 4 is 17.5 Å². The van der Waals surface area contributed by atoms with Crippen molar-refractivity contribution in [2.75, 3.05) is 0 Å². The first-order chi connectivity index (χ1) is 9.00. The van der Waals surface area contributed by atoms with E-state index in [4.69, 9.17) is 0 Å². The maximum Gasteiger partial charge on any atom is 0.247 e. The minimum Gasteiger partial charge on any atom is -0.322 e. The van der Waals surface area contributed by atoms with E-state index in [1.54, 1.807) is 6.20 Å². The summed E-state index contributed by atoms with van der Waals surface area (Å²) in [6, 6.07) is 9.07. The van der Waals surface area contributed by atoms with Gasteiger partial charge in [0, 0.05) is 13.1 Å². The molecule has 0 bridgehead atoms. The summed E-state index contributed by atoms with van der Waals surface area (Å²) in [7, 11) is 0. The van der Waals surface area contributed by atoms with Crippen molar-refractivity contribution in [3.63, 3.8) is 0 Å². The quantitative estimate of drug-likeness (QED) is 0.882. The van der Waals surface area contributed by atoms with Gasteiger partial charge in [0.05, 0.1) is 5.70 Å². The molecule has 0 saturated heterocycles. The Kier molecular flexibility index (Phi) is 3.69. The first kappa shape index (κ1) is 13.3. The number of amides is 2. The zero-order chi connectivity index (χ0) is 14.0. The highest BCUT2D eigenvalue weighted by atomic mass is 16.2. The third-order valence-corrected chi connectivity index (χ3v) is 3.17. The number of carbonyl (C=O) groups is 2. The van der Waals surface area contributed by atoms with Gasteiger partial charge in [0.1, 0.15) is 6.04 Å². The van der Waals surface area contributed by atoms with Gasteiger partial charge in [-0.2, -0.15) is 0 Å². The zero-order valence-corrected chi connectivity index (χ0v) is 11.4. The lowest BCUT2D eigenvalue weighted by molar-refractivity contribution is -0.137. The second-order valence-electron chi connectivity index (χ2n) is 5.01. The van der Waals surface area contributed by atoms with E-state index in [0.29, 0.717) is 5.70 Å². The molecular formula is C15H18N2O2. The van der Waals surface area contributed by atoms with E-state index >= 15 is 0 Å². The van der Waals surface area contributed by atoms with Gasteiger partial charge in [-0.25, -0.2) is 0 Å². The Labute approximate surface area is 113 Å². The van der Waals surface area contributed by atoms with Gasteiger partial charge in [0.2, 0.25) is 11.8 Å². The number of carbonyl (C=O) groups excluding carboxylic acids is 2. The summed E-state index contributed by atoms with van der Waals surface area (Å²) in [6.45, 7) is 5.34. The van der Waals surface area contributed by atoms with Crippen molar-refractivity contribution in [3.05, 3.63) is 42.1 Å². The van der Waals surface area contributed by atoms with Crippen molar-refractivity contribution in [2.24, 2.45) is 5.92 Å². The van der Waals surface area contributed by atoms with Gasteiger partial charge >= 0.3 is 0 Å². The van der Waals surface area contributed by atoms with E-state index in [2.05, 4.69) is 5.32 Å². The average molecular weight is 258 g/mol. The molecule has 1 aromatic rings. The Balaban J connectivity index is 2.41. The summed E-state index contributed by atoms with van der Waals surface area (Å²) >= 11 is 0. The minimum atomic E-state index is -0.440. The molecule has 100 valence electrons. The molecule has 1 atom stereocenters. The molecule has 0 unspecified atom stereocenters. The zero-order valence-electron chi connectivity index (χ0n) is 11.4. The number of rotatable bonds is 2. The first-order valence-electron chi connectivity index (χ1n) is 6.37. The fourth-order valence-corrected chi connectivity index (χ4v) is 2.26. The van der Waals surface area contributed by atoms with Crippen LogP contribution < -0.4 is 5.32 Å². The van der Waals surface area contributed by atoms with E-state index in [1.807, 2.05) is 44.2 Å². The molecule has 4 heteroatoms. The van der Waals surface area contributed by atoms with Crippen LogP contribution in [0.5, 0.6) is 0 Å². The summed E-state index contributed by atoms with van der Waals surface area (Å²) < 4.78 is 0. The third kappa shape index (κ3) is 2.67. The summed E-state index contributed by atoms with van der Waals surface area (Å²) in [6.07, 6.45) is 1.73. The van der Waals surface area contributed by atoms with E-state index in [9.17, 15) is 9.59 Å². The Morgan fingerprint density at radius 3 is 2.42 bits per heavy atom. The predicted octanol–water partition coefficient (Wildman–Crippen LogP) is 1.99. The van der Waals surface area contributed by atoms with Gasteiger partial charge < -0.3 is 10.2 Å². The Morgan fingerprint density at radius 2 is 1.89 bits per heavy atom. The van der Waals surface area contributed by atoms with Crippen LogP contribution in [0, 0.1) is 5.92 Å². The van der Waals surface area contributed by atoms with Crippen LogP contribution in [0.15, 0.2) is 36.5 Å². The number of nitrogens with zero attached hydrogens (tertiary/aromatic N) is 1. The van der Waals surface area contributed by atoms with Crippen molar-refractivity contribution in [3.8, 4) is 0 Å². The van der Waals surface area contributed by atoms with Gasteiger partial charge in [0.25, 0.3) is 0 Å². The first-order valence-corrected chi connectivity index (χ1v) is 6.37. The number of benzene rings is 1. The van der Waals surface area contributed by atoms with Gasteiger partial charge in [-0.05, 0) is 11.5 Å². The highest BCUT2D eigenvalue weighted by Gasteiger charge is 2.34. The topological polar surface area (TPSA) is 49.4 Å². The van der Waals surface area contributed by atoms with Gasteiger partial charge in [-0.15, -0.1) is 0 Å². The molecule has 1 aliphatic heterocycles. The molecule has 0 fully saturated rings. The number of hydrogen-bond donors (Lipinski definition) is 1. The Morgan fingerprint density at radius 1 is 1.26 bits per heavy atom. The second-order valence-corrected chi connectivity index (χ2v) is 5.01. The molecule has 1 aromatic carbocycles. The standard InChI is InChI=1S/C15H18N2O2/c1-10(2)14-15(19)16-13(9-17(14)11(3)18)12-7-5-4-6-8-12/h4-10,14H,1-3H3,(H,16,19)/t14-/m1/s1. The molecule has 0 aromatic heterocycles. The number of nitrogens with one attached hydrogen (secondary N) is 1. The van der Waals surface area contributed by atoms with Gasteiger partial charge in [-0.1, -0.05) is 44.2 Å². The summed E-state index contributed by atoms with van der Waals surface area (Å²) in [4.78, 5) is 25.4. The van der Waals surface area contributed by atoms with E-state index in [-0.39, 0.29) is 17.7 Å². The molecule has 1 heterocycles.